The van der Waals surface area contributed by atoms with Gasteiger partial charge < -0.3 is 35.9 Å². The van der Waals surface area contributed by atoms with Crippen molar-refractivity contribution in [2.75, 3.05) is 14.1 Å². The molecule has 0 aliphatic heterocycles. The molecule has 1 amide bonds. The van der Waals surface area contributed by atoms with E-state index >= 15 is 0 Å². The molecule has 2 aromatic rings. The van der Waals surface area contributed by atoms with Gasteiger partial charge in [-0.15, -0.1) is 0 Å². The van der Waals surface area contributed by atoms with Gasteiger partial charge in [0.25, 0.3) is 5.91 Å². The fraction of sp³-hybridized carbons (Fsp3) is 0.469. The van der Waals surface area contributed by atoms with E-state index in [9.17, 15) is 34.8 Å². The third-order valence-corrected chi connectivity index (χ3v) is 9.70. The number of aromatic hydroxyl groups is 1. The number of amides is 1. The van der Waals surface area contributed by atoms with E-state index < -0.39 is 58.0 Å². The van der Waals surface area contributed by atoms with Gasteiger partial charge in [0.15, 0.2) is 11.4 Å². The van der Waals surface area contributed by atoms with Gasteiger partial charge in [0, 0.05) is 23.1 Å². The summed E-state index contributed by atoms with van der Waals surface area (Å²) in [5, 5.41) is 48.5. The molecule has 0 bridgehead atoms. The third kappa shape index (κ3) is 4.49. The number of benzene rings is 1. The smallest absolute Gasteiger partial charge is 0.255 e. The van der Waals surface area contributed by atoms with Crippen molar-refractivity contribution in [2.24, 2.45) is 17.6 Å². The third-order valence-electron chi connectivity index (χ3n) is 9.70. The maximum absolute atomic E-state index is 14.0. The van der Waals surface area contributed by atoms with E-state index in [2.05, 4.69) is 5.32 Å². The van der Waals surface area contributed by atoms with Crippen LogP contribution in [0.25, 0.3) is 11.3 Å². The van der Waals surface area contributed by atoms with Crippen LogP contribution in [0.3, 0.4) is 0 Å². The number of phenols is 1. The highest BCUT2D eigenvalue weighted by Crippen LogP contribution is 2.53. The van der Waals surface area contributed by atoms with Crippen molar-refractivity contribution in [3.63, 3.8) is 0 Å². The maximum Gasteiger partial charge on any atom is 0.255 e. The molecule has 0 radical (unpaired) electrons. The van der Waals surface area contributed by atoms with E-state index in [0.717, 1.165) is 18.6 Å². The van der Waals surface area contributed by atoms with E-state index in [1.165, 1.54) is 30.2 Å². The van der Waals surface area contributed by atoms with Crippen LogP contribution in [0.2, 0.25) is 0 Å². The molecule has 43 heavy (non-hydrogen) atoms. The minimum Gasteiger partial charge on any atom is -0.510 e. The summed E-state index contributed by atoms with van der Waals surface area (Å²) in [6.45, 7) is 0.567. The van der Waals surface area contributed by atoms with Crippen LogP contribution in [0.4, 0.5) is 0 Å². The Hall–Kier alpha value is -3.93. The second-order valence-electron chi connectivity index (χ2n) is 12.4. The highest BCUT2D eigenvalue weighted by Gasteiger charge is 2.63. The molecule has 1 unspecified atom stereocenters. The molecular formula is C32H37N3O8. The Balaban J connectivity index is 1.39. The molecule has 1 heterocycles. The van der Waals surface area contributed by atoms with Crippen LogP contribution in [0.1, 0.15) is 60.2 Å². The fourth-order valence-corrected chi connectivity index (χ4v) is 7.65. The number of carbonyl (C=O) groups is 3. The summed E-state index contributed by atoms with van der Waals surface area (Å²) in [5.74, 6) is -5.50. The summed E-state index contributed by atoms with van der Waals surface area (Å²) in [6.07, 6.45) is 6.18. The number of hydrogen-bond acceptors (Lipinski definition) is 10. The Morgan fingerprint density at radius 2 is 1.81 bits per heavy atom. The lowest BCUT2D eigenvalue weighted by molar-refractivity contribution is -0.148. The zero-order chi connectivity index (χ0) is 30.8. The SMILES string of the molecule is CN(C)C1C(O)=C(C(N)=O)C(=O)[C@@]2(O)C(O)=C3C(=O)c4c(O)ccc(-c5ccc(CNC6CCCCC6)o5)c4C[C@@H]3C[C@H]12. The largest absolute Gasteiger partial charge is 0.510 e. The van der Waals surface area contributed by atoms with Crippen LogP contribution in [0, 0.1) is 11.8 Å². The molecule has 0 saturated heterocycles. The molecule has 6 rings (SSSR count). The molecule has 11 heteroatoms. The number of nitrogens with one attached hydrogen (secondary N) is 1. The summed E-state index contributed by atoms with van der Waals surface area (Å²) in [6, 6.07) is 6.19. The molecule has 4 atom stereocenters. The van der Waals surface area contributed by atoms with E-state index in [0.29, 0.717) is 29.5 Å². The van der Waals surface area contributed by atoms with Gasteiger partial charge in [-0.25, -0.2) is 0 Å². The Bertz CT molecular complexity index is 1580. The van der Waals surface area contributed by atoms with Crippen LogP contribution in [0.5, 0.6) is 5.75 Å². The monoisotopic (exact) mass is 591 g/mol. The first kappa shape index (κ1) is 29.2. The molecule has 228 valence electrons. The number of ketones is 2. The molecule has 4 aliphatic carbocycles. The number of primary amides is 1. The molecule has 1 aromatic carbocycles. The van der Waals surface area contributed by atoms with E-state index in [1.807, 2.05) is 12.1 Å². The lowest BCUT2D eigenvalue weighted by atomic mass is 9.58. The summed E-state index contributed by atoms with van der Waals surface area (Å²) < 4.78 is 6.18. The van der Waals surface area contributed by atoms with Gasteiger partial charge >= 0.3 is 0 Å². The predicted molar refractivity (Wildman–Crippen MR) is 155 cm³/mol. The molecule has 0 spiro atoms. The summed E-state index contributed by atoms with van der Waals surface area (Å²) in [5.41, 5.74) is 2.81. The molecule has 7 N–H and O–H groups in total. The number of nitrogens with zero attached hydrogens (tertiary/aromatic N) is 1. The van der Waals surface area contributed by atoms with Gasteiger partial charge in [-0.1, -0.05) is 19.3 Å². The molecule has 11 nitrogen and oxygen atoms in total. The van der Waals surface area contributed by atoms with Crippen molar-refractivity contribution in [2.45, 2.75) is 69.2 Å². The average Bonchev–Trinajstić information content (AvgIpc) is 3.43. The summed E-state index contributed by atoms with van der Waals surface area (Å²) in [4.78, 5) is 41.1. The molecule has 1 saturated carbocycles. The Morgan fingerprint density at radius 1 is 1.09 bits per heavy atom. The number of Topliss-reactive ketones (excluding diaryl/α,β-unsaturated/α-hetero) is 2. The number of allylic oxidation sites excluding steroid dienone is 1. The minimum absolute atomic E-state index is 0.0234. The first-order chi connectivity index (χ1) is 20.4. The molecular weight excluding hydrogens is 554 g/mol. The topological polar surface area (TPSA) is 187 Å². The zero-order valence-corrected chi connectivity index (χ0v) is 24.2. The number of carbonyl (C=O) groups excluding carboxylic acids is 3. The fourth-order valence-electron chi connectivity index (χ4n) is 7.65. The van der Waals surface area contributed by atoms with Gasteiger partial charge in [0.1, 0.15) is 34.4 Å². The molecule has 1 fully saturated rings. The van der Waals surface area contributed by atoms with E-state index in [1.54, 1.807) is 20.2 Å². The Kier molecular flexibility index (Phi) is 7.22. The van der Waals surface area contributed by atoms with Gasteiger partial charge in [0.2, 0.25) is 5.78 Å². The highest BCUT2D eigenvalue weighted by molar-refractivity contribution is 6.24. The van der Waals surface area contributed by atoms with Crippen molar-refractivity contribution in [1.82, 2.24) is 10.2 Å². The molecule has 1 aromatic heterocycles. The second kappa shape index (κ2) is 10.7. The summed E-state index contributed by atoms with van der Waals surface area (Å²) >= 11 is 0. The quantitative estimate of drug-likeness (QED) is 0.273. The number of fused-ring (bicyclic) bond motifs is 3. The Labute approximate surface area is 248 Å². The second-order valence-corrected chi connectivity index (χ2v) is 12.4. The van der Waals surface area contributed by atoms with Crippen LogP contribution in [-0.4, -0.2) is 74.6 Å². The highest BCUT2D eigenvalue weighted by atomic mass is 16.4. The maximum atomic E-state index is 14.0. The number of aliphatic hydroxyl groups excluding tert-OH is 2. The van der Waals surface area contributed by atoms with Crippen molar-refractivity contribution < 1.29 is 39.2 Å². The van der Waals surface area contributed by atoms with Gasteiger partial charge in [0.05, 0.1) is 18.2 Å². The van der Waals surface area contributed by atoms with Crippen molar-refractivity contribution >= 4 is 17.5 Å². The first-order valence-electron chi connectivity index (χ1n) is 14.8. The number of rotatable bonds is 6. The number of nitrogens with two attached hydrogens (primary N) is 1. The number of furan rings is 1. The lowest BCUT2D eigenvalue weighted by Gasteiger charge is -2.50. The number of hydrogen-bond donors (Lipinski definition) is 6. The van der Waals surface area contributed by atoms with Gasteiger partial charge in [-0.3, -0.25) is 19.3 Å². The van der Waals surface area contributed by atoms with Crippen molar-refractivity contribution in [3.8, 4) is 17.1 Å². The number of likely N-dealkylation sites (N-methyl/N-ethyl adjacent to an activating group) is 1. The average molecular weight is 592 g/mol. The van der Waals surface area contributed by atoms with Crippen molar-refractivity contribution in [3.05, 3.63) is 63.8 Å². The first-order valence-corrected chi connectivity index (χ1v) is 14.8. The summed E-state index contributed by atoms with van der Waals surface area (Å²) in [7, 11) is 3.20. The van der Waals surface area contributed by atoms with Gasteiger partial charge in [-0.2, -0.15) is 0 Å². The van der Waals surface area contributed by atoms with Crippen molar-refractivity contribution in [1.29, 1.82) is 0 Å². The standard InChI is InChI=1S/C32H37N3O8/c1-35(2)26-20-13-15-12-19-18(22-11-8-17(43-22)14-34-16-6-4-3-5-7-16)9-10-21(36)24(19)27(37)23(15)29(39)32(20,42)30(40)25(28(26)38)31(33)41/h8-11,15-16,20,26,34,36,38-39,42H,3-7,12-14H2,1-2H3,(H2,33,41)/t15-,20-,26?,32+/m1/s1. The molecule has 4 aliphatic rings. The van der Waals surface area contributed by atoms with E-state index in [4.69, 9.17) is 10.2 Å². The van der Waals surface area contributed by atoms with Crippen LogP contribution in [0.15, 0.2) is 51.3 Å². The number of aliphatic hydroxyl groups is 3. The Morgan fingerprint density at radius 3 is 2.49 bits per heavy atom. The predicted octanol–water partition coefficient (Wildman–Crippen LogP) is 2.80. The van der Waals surface area contributed by atoms with Crippen LogP contribution in [-0.2, 0) is 22.6 Å². The van der Waals surface area contributed by atoms with Gasteiger partial charge in [-0.05, 0) is 75.5 Å². The normalized spacial score (nSPS) is 27.8. The number of phenolic OH excluding ortho intramolecular Hbond substituents is 1. The minimum atomic E-state index is -2.67. The van der Waals surface area contributed by atoms with E-state index in [-0.39, 0.29) is 29.7 Å². The van der Waals surface area contributed by atoms with Crippen LogP contribution < -0.4 is 11.1 Å². The van der Waals surface area contributed by atoms with Crippen LogP contribution >= 0.6 is 0 Å². The zero-order valence-electron chi connectivity index (χ0n) is 24.2. The lowest BCUT2D eigenvalue weighted by Crippen LogP contribution is -2.63.